The van der Waals surface area contributed by atoms with Crippen molar-refractivity contribution in [2.45, 2.75) is 53.4 Å². The van der Waals surface area contributed by atoms with Crippen molar-refractivity contribution in [3.63, 3.8) is 0 Å². The van der Waals surface area contributed by atoms with Gasteiger partial charge >= 0.3 is 5.97 Å². The number of aliphatic hydroxyl groups is 1. The summed E-state index contributed by atoms with van der Waals surface area (Å²) in [5.74, 6) is 2.38. The van der Waals surface area contributed by atoms with E-state index >= 15 is 0 Å². The molecule has 0 aliphatic heterocycles. The molecule has 1 saturated carbocycles. The Hall–Kier alpha value is -1.09. The van der Waals surface area contributed by atoms with Crippen LogP contribution in [-0.2, 0) is 4.79 Å². The van der Waals surface area contributed by atoms with E-state index in [1.54, 1.807) is 6.92 Å². The molecule has 2 aliphatic rings. The third-order valence-electron chi connectivity index (χ3n) is 5.59. The summed E-state index contributed by atoms with van der Waals surface area (Å²) in [7, 11) is 0. The molecule has 0 spiro atoms. The molecule has 132 valence electrons. The SMILES string of the molecule is C/C=C/[C@@H]1CCC2C(C=CC(C)C2CO)C1.CC[C@H](C)C(=O)O. The number of carboxylic acids is 1. The van der Waals surface area contributed by atoms with Crippen LogP contribution in [0.25, 0.3) is 0 Å². The molecule has 0 amide bonds. The highest BCUT2D eigenvalue weighted by atomic mass is 16.4. The molecule has 0 aromatic rings. The van der Waals surface area contributed by atoms with Crippen molar-refractivity contribution in [2.75, 3.05) is 6.61 Å². The molecule has 1 fully saturated rings. The third kappa shape index (κ3) is 5.80. The van der Waals surface area contributed by atoms with Gasteiger partial charge in [0, 0.05) is 6.61 Å². The van der Waals surface area contributed by atoms with E-state index in [-0.39, 0.29) is 5.92 Å². The first-order chi connectivity index (χ1) is 10.9. The van der Waals surface area contributed by atoms with Crippen LogP contribution in [0.15, 0.2) is 24.3 Å². The lowest BCUT2D eigenvalue weighted by Gasteiger charge is -2.42. The average Bonchev–Trinajstić information content (AvgIpc) is 2.55. The minimum absolute atomic E-state index is 0.181. The summed E-state index contributed by atoms with van der Waals surface area (Å²) in [5, 5.41) is 17.7. The van der Waals surface area contributed by atoms with E-state index in [1.807, 2.05) is 6.92 Å². The van der Waals surface area contributed by atoms with Gasteiger partial charge in [0.15, 0.2) is 0 Å². The molecular weight excluding hydrogens is 288 g/mol. The smallest absolute Gasteiger partial charge is 0.306 e. The summed E-state index contributed by atoms with van der Waals surface area (Å²) in [6, 6.07) is 0. The largest absolute Gasteiger partial charge is 0.481 e. The number of aliphatic carboxylic acids is 1. The fraction of sp³-hybridized carbons (Fsp3) is 0.750. The Labute approximate surface area is 141 Å². The molecule has 2 N–H and O–H groups in total. The van der Waals surface area contributed by atoms with Gasteiger partial charge in [-0.1, -0.05) is 45.1 Å². The fourth-order valence-corrected chi connectivity index (χ4v) is 3.79. The quantitative estimate of drug-likeness (QED) is 0.748. The summed E-state index contributed by atoms with van der Waals surface area (Å²) >= 11 is 0. The molecule has 3 heteroatoms. The number of rotatable bonds is 4. The Kier molecular flexibility index (Phi) is 8.60. The summed E-state index contributed by atoms with van der Waals surface area (Å²) in [5.41, 5.74) is 0. The lowest BCUT2D eigenvalue weighted by Crippen LogP contribution is -2.36. The molecule has 0 heterocycles. The van der Waals surface area contributed by atoms with Crippen molar-refractivity contribution < 1.29 is 15.0 Å². The van der Waals surface area contributed by atoms with Gasteiger partial charge in [-0.25, -0.2) is 0 Å². The lowest BCUT2D eigenvalue weighted by atomic mass is 9.63. The Bertz CT molecular complexity index is 413. The van der Waals surface area contributed by atoms with Crippen molar-refractivity contribution in [1.82, 2.24) is 0 Å². The van der Waals surface area contributed by atoms with Gasteiger partial charge in [-0.05, 0) is 62.2 Å². The van der Waals surface area contributed by atoms with E-state index in [0.29, 0.717) is 24.4 Å². The molecule has 6 atom stereocenters. The Morgan fingerprint density at radius 2 is 2.04 bits per heavy atom. The number of carbonyl (C=O) groups is 1. The third-order valence-corrected chi connectivity index (χ3v) is 5.59. The van der Waals surface area contributed by atoms with Crippen LogP contribution in [0.4, 0.5) is 0 Å². The first kappa shape index (κ1) is 20.0. The first-order valence-corrected chi connectivity index (χ1v) is 9.09. The highest BCUT2D eigenvalue weighted by molar-refractivity contribution is 5.69. The van der Waals surface area contributed by atoms with E-state index in [0.717, 1.165) is 18.3 Å². The normalized spacial score (nSPS) is 34.4. The fourth-order valence-electron chi connectivity index (χ4n) is 3.79. The van der Waals surface area contributed by atoms with Gasteiger partial charge in [0.1, 0.15) is 0 Å². The van der Waals surface area contributed by atoms with Crippen LogP contribution >= 0.6 is 0 Å². The highest BCUT2D eigenvalue weighted by Crippen LogP contribution is 2.44. The maximum Gasteiger partial charge on any atom is 0.306 e. The van der Waals surface area contributed by atoms with E-state index in [9.17, 15) is 9.90 Å². The molecule has 0 radical (unpaired) electrons. The average molecular weight is 322 g/mol. The van der Waals surface area contributed by atoms with Crippen molar-refractivity contribution in [3.05, 3.63) is 24.3 Å². The van der Waals surface area contributed by atoms with E-state index < -0.39 is 5.97 Å². The predicted molar refractivity (Wildman–Crippen MR) is 95.1 cm³/mol. The summed E-state index contributed by atoms with van der Waals surface area (Å²) in [6.45, 7) is 8.27. The molecule has 2 rings (SSSR count). The summed E-state index contributed by atoms with van der Waals surface area (Å²) in [6.07, 6.45) is 13.9. The van der Waals surface area contributed by atoms with Gasteiger partial charge < -0.3 is 10.2 Å². The van der Waals surface area contributed by atoms with Crippen molar-refractivity contribution in [1.29, 1.82) is 0 Å². The molecule has 0 bridgehead atoms. The number of carboxylic acid groups (broad SMARTS) is 1. The monoisotopic (exact) mass is 322 g/mol. The second kappa shape index (κ2) is 9.92. The summed E-state index contributed by atoms with van der Waals surface area (Å²) < 4.78 is 0. The summed E-state index contributed by atoms with van der Waals surface area (Å²) in [4.78, 5) is 9.93. The van der Waals surface area contributed by atoms with Crippen molar-refractivity contribution >= 4 is 5.97 Å². The van der Waals surface area contributed by atoms with Gasteiger partial charge in [0.05, 0.1) is 5.92 Å². The van der Waals surface area contributed by atoms with Gasteiger partial charge in [-0.2, -0.15) is 0 Å². The van der Waals surface area contributed by atoms with E-state index in [4.69, 9.17) is 5.11 Å². The molecule has 0 aromatic heterocycles. The standard InChI is InChI=1S/C15H24O.C5H10O2/c1-3-4-12-6-8-14-13(9-12)7-5-11(2)15(14)10-16;1-3-4(2)5(6)7/h3-5,7,11-16H,6,8-10H2,1-2H3;4H,3H2,1-2H3,(H,6,7)/b4-3+;/t11?,12-,13?,14?,15?;4-/m10/s1. The van der Waals surface area contributed by atoms with Crippen LogP contribution in [-0.4, -0.2) is 22.8 Å². The van der Waals surface area contributed by atoms with Gasteiger partial charge in [-0.3, -0.25) is 4.79 Å². The number of hydrogen-bond acceptors (Lipinski definition) is 2. The van der Waals surface area contributed by atoms with E-state index in [2.05, 4.69) is 38.2 Å². The van der Waals surface area contributed by atoms with Gasteiger partial charge in [0.2, 0.25) is 0 Å². The second-order valence-corrected chi connectivity index (χ2v) is 7.16. The molecule has 4 unspecified atom stereocenters. The van der Waals surface area contributed by atoms with Crippen LogP contribution in [0.5, 0.6) is 0 Å². The highest BCUT2D eigenvalue weighted by Gasteiger charge is 2.37. The van der Waals surface area contributed by atoms with Crippen LogP contribution in [0.3, 0.4) is 0 Å². The topological polar surface area (TPSA) is 57.5 Å². The minimum atomic E-state index is -0.706. The number of fused-ring (bicyclic) bond motifs is 1. The first-order valence-electron chi connectivity index (χ1n) is 9.09. The lowest BCUT2D eigenvalue weighted by molar-refractivity contribution is -0.141. The van der Waals surface area contributed by atoms with Crippen LogP contribution in [0.2, 0.25) is 0 Å². The zero-order valence-electron chi connectivity index (χ0n) is 15.1. The molecule has 3 nitrogen and oxygen atoms in total. The number of hydrogen-bond donors (Lipinski definition) is 2. The Morgan fingerprint density at radius 3 is 2.52 bits per heavy atom. The molecule has 2 aliphatic carbocycles. The van der Waals surface area contributed by atoms with Crippen molar-refractivity contribution in [2.24, 2.45) is 35.5 Å². The zero-order valence-corrected chi connectivity index (χ0v) is 15.1. The van der Waals surface area contributed by atoms with Crippen LogP contribution in [0.1, 0.15) is 53.4 Å². The second-order valence-electron chi connectivity index (χ2n) is 7.16. The van der Waals surface area contributed by atoms with E-state index in [1.165, 1.54) is 19.3 Å². The molecular formula is C20H34O3. The minimum Gasteiger partial charge on any atom is -0.481 e. The predicted octanol–water partition coefficient (Wildman–Crippen LogP) is 4.53. The van der Waals surface area contributed by atoms with Crippen molar-refractivity contribution in [3.8, 4) is 0 Å². The number of allylic oxidation sites excluding steroid dienone is 4. The maximum absolute atomic E-state index is 9.93. The van der Waals surface area contributed by atoms with Crippen LogP contribution in [0, 0.1) is 35.5 Å². The van der Waals surface area contributed by atoms with Gasteiger partial charge in [-0.15, -0.1) is 0 Å². The van der Waals surface area contributed by atoms with Crippen LogP contribution < -0.4 is 0 Å². The molecule has 0 saturated heterocycles. The molecule has 23 heavy (non-hydrogen) atoms. The zero-order chi connectivity index (χ0) is 17.4. The Balaban J connectivity index is 0.000000322. The molecule has 0 aromatic carbocycles. The number of aliphatic hydroxyl groups excluding tert-OH is 1. The maximum atomic E-state index is 9.93. The van der Waals surface area contributed by atoms with Gasteiger partial charge in [0.25, 0.3) is 0 Å². The Morgan fingerprint density at radius 1 is 1.35 bits per heavy atom.